The number of anilines is 1. The third-order valence-corrected chi connectivity index (χ3v) is 3.47. The lowest BCUT2D eigenvalue weighted by molar-refractivity contribution is 0.0953. The summed E-state index contributed by atoms with van der Waals surface area (Å²) >= 11 is 1.31. The van der Waals surface area contributed by atoms with E-state index >= 15 is 0 Å². The Morgan fingerprint density at radius 1 is 1.27 bits per heavy atom. The molecule has 1 aromatic heterocycles. The number of amides is 3. The minimum Gasteiger partial charge on any atom is -0.350 e. The number of nitrogens with one attached hydrogen (secondary N) is 3. The average Bonchev–Trinajstić information content (AvgIpc) is 2.99. The van der Waals surface area contributed by atoms with Crippen LogP contribution in [-0.2, 0) is 0 Å². The maximum Gasteiger partial charge on any atom is 0.321 e. The van der Waals surface area contributed by atoms with Gasteiger partial charge in [0.25, 0.3) is 5.91 Å². The van der Waals surface area contributed by atoms with Crippen molar-refractivity contribution in [2.45, 2.75) is 6.92 Å². The van der Waals surface area contributed by atoms with Gasteiger partial charge >= 0.3 is 6.03 Å². The van der Waals surface area contributed by atoms with Crippen LogP contribution in [0.15, 0.2) is 29.8 Å². The lowest BCUT2D eigenvalue weighted by atomic mass is 10.1. The van der Waals surface area contributed by atoms with Crippen LogP contribution in [0.2, 0.25) is 0 Å². The van der Waals surface area contributed by atoms with Crippen LogP contribution in [0.5, 0.6) is 0 Å². The molecule has 0 aliphatic heterocycles. The minimum absolute atomic E-state index is 0.236. The summed E-state index contributed by atoms with van der Waals surface area (Å²) in [4.78, 5) is 27.2. The lowest BCUT2D eigenvalue weighted by Gasteiger charge is -2.08. The minimum atomic E-state index is -0.423. The second kappa shape index (κ2) is 7.51. The van der Waals surface area contributed by atoms with Gasteiger partial charge in [0.2, 0.25) is 0 Å². The summed E-state index contributed by atoms with van der Waals surface area (Å²) in [6.45, 7) is 2.11. The molecule has 0 saturated heterocycles. The van der Waals surface area contributed by atoms with Gasteiger partial charge in [0.1, 0.15) is 5.82 Å². The zero-order valence-electron chi connectivity index (χ0n) is 11.9. The number of aryl methyl sites for hydroxylation is 1. The van der Waals surface area contributed by atoms with Gasteiger partial charge in [0.15, 0.2) is 5.13 Å². The van der Waals surface area contributed by atoms with Crippen molar-refractivity contribution in [3.05, 3.63) is 46.7 Å². The summed E-state index contributed by atoms with van der Waals surface area (Å²) in [5.41, 5.74) is 0.729. The second-order valence-corrected chi connectivity index (χ2v) is 5.33. The van der Waals surface area contributed by atoms with E-state index in [1.807, 2.05) is 0 Å². The van der Waals surface area contributed by atoms with Gasteiger partial charge in [-0.15, -0.1) is 11.3 Å². The van der Waals surface area contributed by atoms with Gasteiger partial charge in [0.05, 0.1) is 0 Å². The van der Waals surface area contributed by atoms with Crippen molar-refractivity contribution in [3.8, 4) is 0 Å². The van der Waals surface area contributed by atoms with Crippen molar-refractivity contribution in [2.75, 3.05) is 18.4 Å². The van der Waals surface area contributed by atoms with E-state index in [-0.39, 0.29) is 24.6 Å². The molecule has 116 valence electrons. The van der Waals surface area contributed by atoms with Crippen LogP contribution in [0.4, 0.5) is 14.3 Å². The molecule has 0 saturated carbocycles. The number of carbonyl (C=O) groups is 2. The number of hydrogen-bond donors (Lipinski definition) is 3. The van der Waals surface area contributed by atoms with Gasteiger partial charge < -0.3 is 10.6 Å². The maximum absolute atomic E-state index is 13.4. The third-order valence-electron chi connectivity index (χ3n) is 2.78. The molecule has 8 heteroatoms. The highest BCUT2D eigenvalue weighted by Crippen LogP contribution is 2.10. The zero-order chi connectivity index (χ0) is 15.9. The number of urea groups is 1. The third kappa shape index (κ3) is 4.52. The van der Waals surface area contributed by atoms with Crippen LogP contribution in [-0.4, -0.2) is 30.0 Å². The number of carbonyl (C=O) groups excluding carboxylic acids is 2. The molecule has 6 nitrogen and oxygen atoms in total. The highest BCUT2D eigenvalue weighted by Gasteiger charge is 2.08. The molecule has 1 heterocycles. The standard InChI is InChI=1S/C14H15FN4O2S/c1-9-2-3-10(8-11(9)15)12(20)16-4-5-17-13(21)19-14-18-6-7-22-14/h2-3,6-8H,4-5H2,1H3,(H,16,20)(H2,17,18,19,21). The number of hydrogen-bond acceptors (Lipinski definition) is 4. The first-order valence-corrected chi connectivity index (χ1v) is 7.43. The molecule has 3 N–H and O–H groups in total. The lowest BCUT2D eigenvalue weighted by Crippen LogP contribution is -2.36. The molecule has 0 radical (unpaired) electrons. The van der Waals surface area contributed by atoms with E-state index in [1.165, 1.54) is 17.4 Å². The van der Waals surface area contributed by atoms with Gasteiger partial charge in [-0.2, -0.15) is 0 Å². The Morgan fingerprint density at radius 3 is 2.73 bits per heavy atom. The summed E-state index contributed by atoms with van der Waals surface area (Å²) in [6.07, 6.45) is 1.58. The predicted octanol–water partition coefficient (Wildman–Crippen LogP) is 2.14. The molecule has 0 fully saturated rings. The maximum atomic E-state index is 13.4. The van der Waals surface area contributed by atoms with E-state index < -0.39 is 11.8 Å². The van der Waals surface area contributed by atoms with Crippen molar-refractivity contribution in [1.82, 2.24) is 15.6 Å². The van der Waals surface area contributed by atoms with Crippen molar-refractivity contribution >= 4 is 28.4 Å². The Hall–Kier alpha value is -2.48. The molecule has 3 amide bonds. The van der Waals surface area contributed by atoms with Crippen molar-refractivity contribution in [1.29, 1.82) is 0 Å². The van der Waals surface area contributed by atoms with Crippen molar-refractivity contribution < 1.29 is 14.0 Å². The van der Waals surface area contributed by atoms with E-state index in [2.05, 4.69) is 20.9 Å². The first kappa shape index (κ1) is 15.9. The number of rotatable bonds is 5. The van der Waals surface area contributed by atoms with Crippen LogP contribution >= 0.6 is 11.3 Å². The van der Waals surface area contributed by atoms with Crippen LogP contribution < -0.4 is 16.0 Å². The van der Waals surface area contributed by atoms with E-state index in [0.717, 1.165) is 0 Å². The van der Waals surface area contributed by atoms with E-state index in [4.69, 9.17) is 0 Å². The molecule has 2 rings (SSSR count). The molecule has 0 aliphatic carbocycles. The van der Waals surface area contributed by atoms with Gasteiger partial charge in [-0.25, -0.2) is 14.2 Å². The number of benzene rings is 1. The fourth-order valence-electron chi connectivity index (χ4n) is 1.61. The summed E-state index contributed by atoms with van der Waals surface area (Å²) in [5.74, 6) is -0.811. The van der Waals surface area contributed by atoms with Crippen LogP contribution in [0, 0.1) is 12.7 Å². The molecule has 0 spiro atoms. The molecule has 0 bridgehead atoms. The molecular formula is C14H15FN4O2S. The van der Waals surface area contributed by atoms with Gasteiger partial charge in [-0.3, -0.25) is 10.1 Å². The highest BCUT2D eigenvalue weighted by molar-refractivity contribution is 7.13. The van der Waals surface area contributed by atoms with Crippen molar-refractivity contribution in [3.63, 3.8) is 0 Å². The monoisotopic (exact) mass is 322 g/mol. The first-order chi connectivity index (χ1) is 10.6. The fraction of sp³-hybridized carbons (Fsp3) is 0.214. The topological polar surface area (TPSA) is 83.1 Å². The first-order valence-electron chi connectivity index (χ1n) is 6.55. The quantitative estimate of drug-likeness (QED) is 0.738. The summed E-state index contributed by atoms with van der Waals surface area (Å²) < 4.78 is 13.4. The Kier molecular flexibility index (Phi) is 5.42. The number of nitrogens with zero attached hydrogens (tertiary/aromatic N) is 1. The Morgan fingerprint density at radius 2 is 2.05 bits per heavy atom. The van der Waals surface area contributed by atoms with Crippen LogP contribution in [0.1, 0.15) is 15.9 Å². The van der Waals surface area contributed by atoms with Crippen LogP contribution in [0.25, 0.3) is 0 Å². The number of halogens is 1. The number of aromatic nitrogens is 1. The summed E-state index contributed by atoms with van der Waals surface area (Å²) in [6, 6.07) is 3.89. The Labute approximate surface area is 130 Å². The normalized spacial score (nSPS) is 10.1. The molecule has 1 aromatic carbocycles. The Bertz CT molecular complexity index is 661. The average molecular weight is 322 g/mol. The van der Waals surface area contributed by atoms with E-state index in [9.17, 15) is 14.0 Å². The van der Waals surface area contributed by atoms with E-state index in [0.29, 0.717) is 10.7 Å². The van der Waals surface area contributed by atoms with E-state index in [1.54, 1.807) is 30.6 Å². The second-order valence-electron chi connectivity index (χ2n) is 4.44. The molecular weight excluding hydrogens is 307 g/mol. The van der Waals surface area contributed by atoms with Crippen LogP contribution in [0.3, 0.4) is 0 Å². The van der Waals surface area contributed by atoms with Gasteiger partial charge in [-0.1, -0.05) is 6.07 Å². The molecule has 0 aliphatic rings. The smallest absolute Gasteiger partial charge is 0.321 e. The molecule has 0 atom stereocenters. The number of thiazole rings is 1. The molecule has 2 aromatic rings. The summed E-state index contributed by atoms with van der Waals surface area (Å²) in [7, 11) is 0. The molecule has 22 heavy (non-hydrogen) atoms. The highest BCUT2D eigenvalue weighted by atomic mass is 32.1. The Balaban J connectivity index is 1.70. The van der Waals surface area contributed by atoms with Gasteiger partial charge in [-0.05, 0) is 24.6 Å². The van der Waals surface area contributed by atoms with Crippen molar-refractivity contribution in [2.24, 2.45) is 0 Å². The fourth-order valence-corrected chi connectivity index (χ4v) is 2.14. The zero-order valence-corrected chi connectivity index (χ0v) is 12.7. The SMILES string of the molecule is Cc1ccc(C(=O)NCCNC(=O)Nc2nccs2)cc1F. The summed E-state index contributed by atoms with van der Waals surface area (Å²) in [5, 5.41) is 9.97. The van der Waals surface area contributed by atoms with Gasteiger partial charge in [0, 0.05) is 30.2 Å². The largest absolute Gasteiger partial charge is 0.350 e. The predicted molar refractivity (Wildman–Crippen MR) is 82.6 cm³/mol. The molecule has 0 unspecified atom stereocenters.